The summed E-state index contributed by atoms with van der Waals surface area (Å²) in [6.07, 6.45) is 9.15. The van der Waals surface area contributed by atoms with Gasteiger partial charge in [0.25, 0.3) is 0 Å². The van der Waals surface area contributed by atoms with Crippen LogP contribution in [0.4, 0.5) is 0 Å². The lowest BCUT2D eigenvalue weighted by Crippen LogP contribution is -2.47. The molecule has 0 aliphatic carbocycles. The van der Waals surface area contributed by atoms with Crippen molar-refractivity contribution in [3.8, 4) is 0 Å². The zero-order valence-corrected chi connectivity index (χ0v) is 27.2. The number of ketones is 1. The van der Waals surface area contributed by atoms with Gasteiger partial charge in [-0.25, -0.2) is 0 Å². The van der Waals surface area contributed by atoms with E-state index < -0.39 is 14.0 Å². The molecular formula is C30H58N4O6Si. The number of aliphatic carboxylic acids is 1. The minimum atomic E-state index is -1.25. The van der Waals surface area contributed by atoms with E-state index in [0.29, 0.717) is 65.5 Å². The normalized spacial score (nSPS) is 20.8. The van der Waals surface area contributed by atoms with Crippen molar-refractivity contribution in [3.63, 3.8) is 0 Å². The van der Waals surface area contributed by atoms with E-state index in [1.54, 1.807) is 0 Å². The van der Waals surface area contributed by atoms with Crippen LogP contribution in [-0.2, 0) is 23.8 Å². The molecule has 1 fully saturated rings. The van der Waals surface area contributed by atoms with Gasteiger partial charge in [0.2, 0.25) is 0 Å². The molecule has 41 heavy (non-hydrogen) atoms. The second kappa shape index (κ2) is 21.5. The number of carboxylic acids is 1. The van der Waals surface area contributed by atoms with Crippen molar-refractivity contribution in [2.75, 3.05) is 118 Å². The Morgan fingerprint density at radius 2 is 1.27 bits per heavy atom. The molecular weight excluding hydrogens is 540 g/mol. The number of Topliss-reactive ketones (excluding diaryl/α,β-unsaturated/α-hetero) is 1. The highest BCUT2D eigenvalue weighted by Gasteiger charge is 2.27. The van der Waals surface area contributed by atoms with E-state index >= 15 is 0 Å². The first kappa shape index (κ1) is 36.0. The largest absolute Gasteiger partial charge is 0.480 e. The summed E-state index contributed by atoms with van der Waals surface area (Å²) < 4.78 is 17.3. The first-order chi connectivity index (χ1) is 19.8. The average molecular weight is 599 g/mol. The topological polar surface area (TPSA) is 95.0 Å². The Labute approximate surface area is 249 Å². The van der Waals surface area contributed by atoms with Crippen molar-refractivity contribution in [2.45, 2.75) is 51.2 Å². The van der Waals surface area contributed by atoms with Gasteiger partial charge in [0, 0.05) is 71.6 Å². The quantitative estimate of drug-likeness (QED) is 0.153. The molecule has 0 aromatic rings. The highest BCUT2D eigenvalue weighted by atomic mass is 28.3. The van der Waals surface area contributed by atoms with Gasteiger partial charge in [-0.15, -0.1) is 0 Å². The lowest BCUT2D eigenvalue weighted by atomic mass is 10.2. The van der Waals surface area contributed by atoms with E-state index in [1.807, 2.05) is 4.90 Å². The van der Waals surface area contributed by atoms with Gasteiger partial charge in [-0.2, -0.15) is 0 Å². The SMILES string of the molecule is CCN1CCN(C)CCN(CC(=O)CCCOCCOCCOC[Si]2(C)CCC=CCC2)CCN(CC(=O)O)CC1. The van der Waals surface area contributed by atoms with Gasteiger partial charge < -0.3 is 29.1 Å². The van der Waals surface area contributed by atoms with E-state index in [4.69, 9.17) is 14.2 Å². The summed E-state index contributed by atoms with van der Waals surface area (Å²) >= 11 is 0. The van der Waals surface area contributed by atoms with Crippen LogP contribution in [-0.4, -0.2) is 163 Å². The minimum Gasteiger partial charge on any atom is -0.480 e. The summed E-state index contributed by atoms with van der Waals surface area (Å²) in [5.41, 5.74) is 0. The number of carbonyl (C=O) groups excluding carboxylic acids is 1. The van der Waals surface area contributed by atoms with Crippen LogP contribution >= 0.6 is 0 Å². The van der Waals surface area contributed by atoms with Crippen molar-refractivity contribution < 1.29 is 28.9 Å². The Morgan fingerprint density at radius 1 is 0.756 bits per heavy atom. The van der Waals surface area contributed by atoms with Gasteiger partial charge in [0.1, 0.15) is 5.78 Å². The van der Waals surface area contributed by atoms with Crippen LogP contribution < -0.4 is 0 Å². The molecule has 2 heterocycles. The molecule has 0 amide bonds. The predicted molar refractivity (Wildman–Crippen MR) is 166 cm³/mol. The molecule has 238 valence electrons. The molecule has 0 atom stereocenters. The van der Waals surface area contributed by atoms with Crippen LogP contribution in [0.2, 0.25) is 18.6 Å². The number of carbonyl (C=O) groups is 2. The molecule has 0 aromatic carbocycles. The molecule has 0 unspecified atom stereocenters. The third-order valence-electron chi connectivity index (χ3n) is 8.20. The third-order valence-corrected chi connectivity index (χ3v) is 12.1. The number of rotatable bonds is 17. The van der Waals surface area contributed by atoms with Crippen molar-refractivity contribution in [2.24, 2.45) is 0 Å². The molecule has 11 heteroatoms. The zero-order valence-electron chi connectivity index (χ0n) is 26.2. The molecule has 1 saturated heterocycles. The highest BCUT2D eigenvalue weighted by molar-refractivity contribution is 6.78. The Kier molecular flexibility index (Phi) is 18.9. The van der Waals surface area contributed by atoms with E-state index in [1.165, 1.54) is 24.9 Å². The molecule has 0 saturated carbocycles. The number of likely N-dealkylation sites (N-methyl/N-ethyl adjacent to an activating group) is 2. The molecule has 0 radical (unpaired) electrons. The number of carboxylic acid groups (broad SMARTS) is 1. The first-order valence-electron chi connectivity index (χ1n) is 15.8. The maximum Gasteiger partial charge on any atom is 0.317 e. The molecule has 2 rings (SSSR count). The fraction of sp³-hybridized carbons (Fsp3) is 0.867. The lowest BCUT2D eigenvalue weighted by Gasteiger charge is -2.32. The maximum absolute atomic E-state index is 12.7. The second-order valence-corrected chi connectivity index (χ2v) is 16.9. The van der Waals surface area contributed by atoms with Crippen LogP contribution in [0.1, 0.15) is 32.6 Å². The van der Waals surface area contributed by atoms with E-state index in [0.717, 1.165) is 52.0 Å². The molecule has 10 nitrogen and oxygen atoms in total. The van der Waals surface area contributed by atoms with E-state index in [9.17, 15) is 14.7 Å². The minimum absolute atomic E-state index is 0.0340. The van der Waals surface area contributed by atoms with Crippen LogP contribution in [0.15, 0.2) is 12.2 Å². The third kappa shape index (κ3) is 17.5. The summed E-state index contributed by atoms with van der Waals surface area (Å²) in [6.45, 7) is 15.4. The number of ether oxygens (including phenoxy) is 3. The van der Waals surface area contributed by atoms with E-state index in [-0.39, 0.29) is 12.3 Å². The summed E-state index contributed by atoms with van der Waals surface area (Å²) in [6, 6.07) is 2.64. The van der Waals surface area contributed by atoms with Crippen LogP contribution in [0.3, 0.4) is 0 Å². The van der Waals surface area contributed by atoms with Gasteiger partial charge in [0.15, 0.2) is 0 Å². The van der Waals surface area contributed by atoms with Gasteiger partial charge in [-0.1, -0.05) is 37.7 Å². The monoisotopic (exact) mass is 598 g/mol. The van der Waals surface area contributed by atoms with E-state index in [2.05, 4.69) is 47.4 Å². The van der Waals surface area contributed by atoms with Gasteiger partial charge >= 0.3 is 5.97 Å². The Bertz CT molecular complexity index is 748. The van der Waals surface area contributed by atoms with Gasteiger partial charge in [-0.3, -0.25) is 19.4 Å². The number of hydrogen-bond acceptors (Lipinski definition) is 9. The molecule has 0 spiro atoms. The summed E-state index contributed by atoms with van der Waals surface area (Å²) in [5.74, 6) is -0.597. The lowest BCUT2D eigenvalue weighted by molar-refractivity contribution is -0.138. The maximum atomic E-state index is 12.7. The zero-order chi connectivity index (χ0) is 29.8. The van der Waals surface area contributed by atoms with Crippen LogP contribution in [0.25, 0.3) is 0 Å². The number of nitrogens with zero attached hydrogens (tertiary/aromatic N) is 4. The molecule has 1 N–H and O–H groups in total. The smallest absolute Gasteiger partial charge is 0.317 e. The highest BCUT2D eigenvalue weighted by Crippen LogP contribution is 2.23. The van der Waals surface area contributed by atoms with Crippen LogP contribution in [0.5, 0.6) is 0 Å². The molecule has 0 aromatic heterocycles. The first-order valence-corrected chi connectivity index (χ1v) is 18.9. The Hall–Kier alpha value is -1.18. The van der Waals surface area contributed by atoms with Crippen molar-refractivity contribution in [3.05, 3.63) is 12.2 Å². The summed E-state index contributed by atoms with van der Waals surface area (Å²) in [7, 11) is 0.875. The van der Waals surface area contributed by atoms with Gasteiger partial charge in [-0.05, 0) is 32.9 Å². The second-order valence-electron chi connectivity index (χ2n) is 12.0. The summed E-state index contributed by atoms with van der Waals surface area (Å²) in [5, 5.41) is 9.35. The van der Waals surface area contributed by atoms with Crippen LogP contribution in [0, 0.1) is 0 Å². The number of hydrogen-bond donors (Lipinski definition) is 1. The molecule has 2 aliphatic heterocycles. The Morgan fingerprint density at radius 3 is 1.88 bits per heavy atom. The van der Waals surface area contributed by atoms with Crippen molar-refractivity contribution in [1.29, 1.82) is 0 Å². The fourth-order valence-electron chi connectivity index (χ4n) is 5.29. The van der Waals surface area contributed by atoms with Crippen molar-refractivity contribution >= 4 is 19.8 Å². The molecule has 2 aliphatic rings. The predicted octanol–water partition coefficient (Wildman–Crippen LogP) is 2.31. The number of allylic oxidation sites excluding steroid dienone is 2. The van der Waals surface area contributed by atoms with Gasteiger partial charge in [0.05, 0.1) is 47.6 Å². The average Bonchev–Trinajstić information content (AvgIpc) is 3.16. The molecule has 0 bridgehead atoms. The standard InChI is InChI=1S/C30H58N4O6Si/c1-4-32-13-11-31(2)12-14-33(17-18-34(16-15-32)27-30(36)37)26-29(35)10-9-19-38-20-21-39-22-23-40-28-41(3)24-7-5-6-8-25-41/h5-6H,4,7-28H2,1-3H3,(H,36,37). The fourth-order valence-corrected chi connectivity index (χ4v) is 8.19. The summed E-state index contributed by atoms with van der Waals surface area (Å²) in [4.78, 5) is 33.0. The van der Waals surface area contributed by atoms with Crippen molar-refractivity contribution in [1.82, 2.24) is 19.6 Å². The Balaban J connectivity index is 1.57.